The number of benzene rings is 1. The Kier molecular flexibility index (Phi) is 4.63. The Labute approximate surface area is 195 Å². The molecule has 0 atom stereocenters. The first-order valence-corrected chi connectivity index (χ1v) is 12.7. The van der Waals surface area contributed by atoms with Gasteiger partial charge in [0.05, 0.1) is 16.7 Å². The van der Waals surface area contributed by atoms with E-state index in [1.54, 1.807) is 11.3 Å². The fourth-order valence-electron chi connectivity index (χ4n) is 3.92. The minimum absolute atomic E-state index is 0.0971. The topological polar surface area (TPSA) is 75.9 Å². The SMILES string of the molecule is Cc1ccc(-c2csc3nc(CSc4nnc5cc(C)c6ccccc6n45)[nH]c(=O)c23)s1. The van der Waals surface area contributed by atoms with Crippen LogP contribution in [0.5, 0.6) is 0 Å². The quantitative estimate of drug-likeness (QED) is 0.325. The second kappa shape index (κ2) is 7.54. The number of hydrogen-bond acceptors (Lipinski definition) is 7. The molecular weight excluding hydrogens is 458 g/mol. The van der Waals surface area contributed by atoms with Gasteiger partial charge in [-0.2, -0.15) is 0 Å². The van der Waals surface area contributed by atoms with Crippen LogP contribution in [0.15, 0.2) is 57.8 Å². The van der Waals surface area contributed by atoms with Crippen LogP contribution in [-0.4, -0.2) is 24.6 Å². The van der Waals surface area contributed by atoms with E-state index < -0.39 is 0 Å². The van der Waals surface area contributed by atoms with Gasteiger partial charge in [0.15, 0.2) is 10.8 Å². The van der Waals surface area contributed by atoms with Crippen molar-refractivity contribution in [1.82, 2.24) is 24.6 Å². The van der Waals surface area contributed by atoms with Crippen LogP contribution in [0.3, 0.4) is 0 Å². The summed E-state index contributed by atoms with van der Waals surface area (Å²) in [6, 6.07) is 14.4. The average molecular weight is 476 g/mol. The minimum Gasteiger partial charge on any atom is -0.309 e. The third-order valence-electron chi connectivity index (χ3n) is 5.41. The molecule has 1 N–H and O–H groups in total. The summed E-state index contributed by atoms with van der Waals surface area (Å²) in [5.41, 5.74) is 3.92. The van der Waals surface area contributed by atoms with Crippen molar-refractivity contribution in [2.24, 2.45) is 0 Å². The number of fused-ring (bicyclic) bond motifs is 4. The molecule has 0 radical (unpaired) electrons. The van der Waals surface area contributed by atoms with Gasteiger partial charge in [-0.15, -0.1) is 32.9 Å². The zero-order valence-electron chi connectivity index (χ0n) is 17.2. The number of hydrogen-bond donors (Lipinski definition) is 1. The Balaban J connectivity index is 1.36. The summed E-state index contributed by atoms with van der Waals surface area (Å²) in [4.78, 5) is 23.7. The van der Waals surface area contributed by atoms with E-state index in [1.807, 2.05) is 23.6 Å². The molecule has 6 nitrogen and oxygen atoms in total. The summed E-state index contributed by atoms with van der Waals surface area (Å²) in [6.45, 7) is 4.15. The number of pyridine rings is 1. The zero-order valence-corrected chi connectivity index (χ0v) is 19.7. The Morgan fingerprint density at radius 1 is 1.12 bits per heavy atom. The molecule has 9 heteroatoms. The molecule has 0 saturated carbocycles. The van der Waals surface area contributed by atoms with E-state index in [0.29, 0.717) is 17.0 Å². The largest absolute Gasteiger partial charge is 0.309 e. The van der Waals surface area contributed by atoms with Crippen LogP contribution in [0.4, 0.5) is 0 Å². The first-order chi connectivity index (χ1) is 15.6. The number of aryl methyl sites for hydroxylation is 2. The van der Waals surface area contributed by atoms with Crippen LogP contribution >= 0.6 is 34.4 Å². The van der Waals surface area contributed by atoms with Crippen molar-refractivity contribution in [2.45, 2.75) is 24.8 Å². The number of para-hydroxylation sites is 1. The van der Waals surface area contributed by atoms with E-state index in [2.05, 4.69) is 57.7 Å². The third kappa shape index (κ3) is 3.16. The van der Waals surface area contributed by atoms with Crippen LogP contribution in [0.1, 0.15) is 16.3 Å². The highest BCUT2D eigenvalue weighted by molar-refractivity contribution is 7.98. The number of thioether (sulfide) groups is 1. The molecule has 0 aliphatic heterocycles. The molecule has 0 spiro atoms. The van der Waals surface area contributed by atoms with Gasteiger partial charge in [-0.1, -0.05) is 30.0 Å². The standard InChI is InChI=1S/C23H17N5OS3/c1-12-9-19-26-27-23(28(19)16-6-4-3-5-14(12)16)31-11-18-24-21(29)20-15(10-30-22(20)25-18)17-8-7-13(2)32-17/h3-10H,11H2,1-2H3,(H,24,25,29). The van der Waals surface area contributed by atoms with Gasteiger partial charge in [-0.25, -0.2) is 4.98 Å². The molecule has 0 aliphatic carbocycles. The highest BCUT2D eigenvalue weighted by Gasteiger charge is 2.16. The van der Waals surface area contributed by atoms with E-state index in [0.717, 1.165) is 31.6 Å². The van der Waals surface area contributed by atoms with E-state index in [9.17, 15) is 4.79 Å². The number of aromatic nitrogens is 5. The molecule has 0 fully saturated rings. The molecule has 0 amide bonds. The number of thiophene rings is 2. The average Bonchev–Trinajstić information content (AvgIpc) is 3.50. The lowest BCUT2D eigenvalue weighted by Crippen LogP contribution is -2.10. The molecule has 32 heavy (non-hydrogen) atoms. The predicted octanol–water partition coefficient (Wildman–Crippen LogP) is 5.82. The van der Waals surface area contributed by atoms with Gasteiger partial charge in [-0.05, 0) is 43.7 Å². The lowest BCUT2D eigenvalue weighted by Gasteiger charge is -2.07. The van der Waals surface area contributed by atoms with Crippen LogP contribution in [0.2, 0.25) is 0 Å². The van der Waals surface area contributed by atoms with Gasteiger partial charge in [0, 0.05) is 26.1 Å². The highest BCUT2D eigenvalue weighted by atomic mass is 32.2. The number of aromatic amines is 1. The van der Waals surface area contributed by atoms with Gasteiger partial charge in [0.2, 0.25) is 0 Å². The number of nitrogens with zero attached hydrogens (tertiary/aromatic N) is 4. The fraction of sp³-hybridized carbons (Fsp3) is 0.130. The van der Waals surface area contributed by atoms with Crippen molar-refractivity contribution in [3.63, 3.8) is 0 Å². The molecule has 6 aromatic rings. The van der Waals surface area contributed by atoms with Crippen molar-refractivity contribution in [3.05, 3.63) is 74.5 Å². The van der Waals surface area contributed by atoms with E-state index in [-0.39, 0.29) is 5.56 Å². The maximum atomic E-state index is 12.9. The van der Waals surface area contributed by atoms with Gasteiger partial charge in [-0.3, -0.25) is 9.20 Å². The van der Waals surface area contributed by atoms with Crippen molar-refractivity contribution in [1.29, 1.82) is 0 Å². The molecule has 0 aliphatic rings. The molecule has 6 rings (SSSR count). The Morgan fingerprint density at radius 2 is 2.00 bits per heavy atom. The first-order valence-electron chi connectivity index (χ1n) is 10.0. The van der Waals surface area contributed by atoms with Crippen LogP contribution in [0.25, 0.3) is 37.2 Å². The van der Waals surface area contributed by atoms with Gasteiger partial charge >= 0.3 is 0 Å². The summed E-state index contributed by atoms with van der Waals surface area (Å²) >= 11 is 4.72. The van der Waals surface area contributed by atoms with Gasteiger partial charge in [0.25, 0.3) is 5.56 Å². The van der Waals surface area contributed by atoms with Crippen molar-refractivity contribution >= 4 is 61.2 Å². The maximum Gasteiger partial charge on any atom is 0.260 e. The lowest BCUT2D eigenvalue weighted by atomic mass is 10.1. The van der Waals surface area contributed by atoms with Crippen LogP contribution in [-0.2, 0) is 5.75 Å². The first kappa shape index (κ1) is 19.7. The summed E-state index contributed by atoms with van der Waals surface area (Å²) in [6.07, 6.45) is 0. The Morgan fingerprint density at radius 3 is 2.84 bits per heavy atom. The number of rotatable bonds is 4. The molecule has 0 saturated heterocycles. The van der Waals surface area contributed by atoms with Gasteiger partial charge in [0.1, 0.15) is 10.7 Å². The van der Waals surface area contributed by atoms with Crippen LogP contribution < -0.4 is 5.56 Å². The third-order valence-corrected chi connectivity index (χ3v) is 8.26. The number of H-pyrrole nitrogens is 1. The minimum atomic E-state index is -0.0971. The second-order valence-electron chi connectivity index (χ2n) is 7.56. The summed E-state index contributed by atoms with van der Waals surface area (Å²) in [7, 11) is 0. The summed E-state index contributed by atoms with van der Waals surface area (Å²) in [5.74, 6) is 1.14. The Hall–Kier alpha value is -3.01. The fourth-order valence-corrected chi connectivity index (χ4v) is 6.67. The van der Waals surface area contributed by atoms with Gasteiger partial charge < -0.3 is 4.98 Å². The highest BCUT2D eigenvalue weighted by Crippen LogP contribution is 2.35. The molecule has 0 bridgehead atoms. The maximum absolute atomic E-state index is 12.9. The van der Waals surface area contributed by atoms with Crippen LogP contribution in [0, 0.1) is 13.8 Å². The summed E-state index contributed by atoms with van der Waals surface area (Å²) < 4.78 is 2.06. The van der Waals surface area contributed by atoms with Crippen molar-refractivity contribution < 1.29 is 0 Å². The molecule has 158 valence electrons. The smallest absolute Gasteiger partial charge is 0.260 e. The normalized spacial score (nSPS) is 11.8. The monoisotopic (exact) mass is 475 g/mol. The lowest BCUT2D eigenvalue weighted by molar-refractivity contribution is 0.935. The molecule has 0 unspecified atom stereocenters. The predicted molar refractivity (Wildman–Crippen MR) is 133 cm³/mol. The molecule has 5 aromatic heterocycles. The van der Waals surface area contributed by atoms with E-state index >= 15 is 0 Å². The second-order valence-corrected chi connectivity index (χ2v) is 10.7. The molecule has 1 aromatic carbocycles. The summed E-state index contributed by atoms with van der Waals surface area (Å²) in [5, 5.41) is 13.4. The Bertz CT molecular complexity index is 1690. The van der Waals surface area contributed by atoms with Crippen molar-refractivity contribution in [3.8, 4) is 10.4 Å². The molecule has 5 heterocycles. The zero-order chi connectivity index (χ0) is 21.8. The van der Waals surface area contributed by atoms with Crippen molar-refractivity contribution in [2.75, 3.05) is 0 Å². The van der Waals surface area contributed by atoms with E-state index in [1.165, 1.54) is 38.9 Å². The molecular formula is C23H17N5OS3. The van der Waals surface area contributed by atoms with E-state index in [4.69, 9.17) is 4.98 Å². The number of nitrogens with one attached hydrogen (secondary N) is 1.